The number of fused-ring (bicyclic) bond motifs is 1. The van der Waals surface area contributed by atoms with Crippen LogP contribution in [0.2, 0.25) is 0 Å². The average molecular weight is 188 g/mol. The summed E-state index contributed by atoms with van der Waals surface area (Å²) in [6.45, 7) is 0. The third-order valence-electron chi connectivity index (χ3n) is 2.08. The van der Waals surface area contributed by atoms with Crippen molar-refractivity contribution in [3.8, 4) is 0 Å². The SMILES string of the molecule is COC(=O)Cc1cc2c[c]ccc2[nH]1. The van der Waals surface area contributed by atoms with E-state index in [9.17, 15) is 4.79 Å². The topological polar surface area (TPSA) is 42.1 Å². The molecule has 14 heavy (non-hydrogen) atoms. The van der Waals surface area contributed by atoms with Crippen molar-refractivity contribution in [2.45, 2.75) is 6.42 Å². The van der Waals surface area contributed by atoms with Crippen molar-refractivity contribution in [2.75, 3.05) is 7.11 Å². The molecule has 0 fully saturated rings. The van der Waals surface area contributed by atoms with Gasteiger partial charge in [-0.1, -0.05) is 6.07 Å². The maximum absolute atomic E-state index is 11.0. The first-order chi connectivity index (χ1) is 6.79. The van der Waals surface area contributed by atoms with E-state index in [0.717, 1.165) is 16.6 Å². The van der Waals surface area contributed by atoms with Gasteiger partial charge in [0.25, 0.3) is 0 Å². The molecule has 0 spiro atoms. The van der Waals surface area contributed by atoms with Gasteiger partial charge >= 0.3 is 5.97 Å². The molecule has 2 aromatic rings. The van der Waals surface area contributed by atoms with Gasteiger partial charge in [-0.05, 0) is 24.3 Å². The molecule has 3 nitrogen and oxygen atoms in total. The van der Waals surface area contributed by atoms with Crippen LogP contribution in [-0.2, 0) is 16.0 Å². The number of aromatic amines is 1. The Bertz CT molecular complexity index is 426. The van der Waals surface area contributed by atoms with Crippen LogP contribution >= 0.6 is 0 Å². The van der Waals surface area contributed by atoms with Crippen LogP contribution in [0.4, 0.5) is 0 Å². The normalized spacial score (nSPS) is 10.4. The molecule has 1 aromatic carbocycles. The lowest BCUT2D eigenvalue weighted by atomic mass is 10.2. The van der Waals surface area contributed by atoms with Gasteiger partial charge in [-0.2, -0.15) is 0 Å². The number of benzene rings is 1. The standard InChI is InChI=1S/C11H10NO2/c1-14-11(13)7-9-6-8-4-2-3-5-10(8)12-9/h3-6,12H,7H2,1H3. The number of carbonyl (C=O) groups excluding carboxylic acids is 1. The number of nitrogens with one attached hydrogen (secondary N) is 1. The van der Waals surface area contributed by atoms with Gasteiger partial charge in [0.15, 0.2) is 0 Å². The molecule has 1 heterocycles. The zero-order chi connectivity index (χ0) is 9.97. The van der Waals surface area contributed by atoms with Crippen LogP contribution in [0.5, 0.6) is 0 Å². The Kier molecular flexibility index (Phi) is 2.23. The Morgan fingerprint density at radius 2 is 2.50 bits per heavy atom. The number of H-pyrrole nitrogens is 1. The highest BCUT2D eigenvalue weighted by molar-refractivity contribution is 5.82. The fourth-order valence-corrected chi connectivity index (χ4v) is 1.40. The first kappa shape index (κ1) is 8.81. The van der Waals surface area contributed by atoms with Crippen LogP contribution in [0.25, 0.3) is 10.9 Å². The van der Waals surface area contributed by atoms with Crippen LogP contribution in [0, 0.1) is 6.07 Å². The third kappa shape index (κ3) is 1.62. The van der Waals surface area contributed by atoms with Gasteiger partial charge in [-0.3, -0.25) is 4.79 Å². The van der Waals surface area contributed by atoms with Crippen LogP contribution < -0.4 is 0 Å². The summed E-state index contributed by atoms with van der Waals surface area (Å²) in [4.78, 5) is 14.1. The molecule has 3 heteroatoms. The molecule has 0 atom stereocenters. The zero-order valence-corrected chi connectivity index (χ0v) is 7.83. The molecule has 0 bridgehead atoms. The summed E-state index contributed by atoms with van der Waals surface area (Å²) in [5.74, 6) is -0.236. The van der Waals surface area contributed by atoms with E-state index in [4.69, 9.17) is 0 Å². The highest BCUT2D eigenvalue weighted by Crippen LogP contribution is 2.14. The molecule has 1 radical (unpaired) electrons. The van der Waals surface area contributed by atoms with Crippen LogP contribution in [0.1, 0.15) is 5.69 Å². The number of esters is 1. The fraction of sp³-hybridized carbons (Fsp3) is 0.182. The minimum atomic E-state index is -0.236. The summed E-state index contributed by atoms with van der Waals surface area (Å²) in [5, 5.41) is 1.06. The van der Waals surface area contributed by atoms with E-state index in [1.165, 1.54) is 7.11 Å². The molecule has 0 aliphatic rings. The van der Waals surface area contributed by atoms with Gasteiger partial charge < -0.3 is 9.72 Å². The van der Waals surface area contributed by atoms with Crippen molar-refractivity contribution in [2.24, 2.45) is 0 Å². The minimum Gasteiger partial charge on any atom is -0.469 e. The van der Waals surface area contributed by atoms with E-state index < -0.39 is 0 Å². The molecule has 0 unspecified atom stereocenters. The Balaban J connectivity index is 2.31. The average Bonchev–Trinajstić information content (AvgIpc) is 2.59. The van der Waals surface area contributed by atoms with Gasteiger partial charge in [0.1, 0.15) is 0 Å². The summed E-state index contributed by atoms with van der Waals surface area (Å²) in [6, 6.07) is 10.6. The second kappa shape index (κ2) is 3.54. The molecule has 0 amide bonds. The summed E-state index contributed by atoms with van der Waals surface area (Å²) < 4.78 is 4.58. The summed E-state index contributed by atoms with van der Waals surface area (Å²) in [7, 11) is 1.39. The number of methoxy groups -OCH3 is 1. The van der Waals surface area contributed by atoms with Gasteiger partial charge in [-0.25, -0.2) is 0 Å². The van der Waals surface area contributed by atoms with Gasteiger partial charge in [0.05, 0.1) is 13.5 Å². The fourth-order valence-electron chi connectivity index (χ4n) is 1.40. The zero-order valence-electron chi connectivity index (χ0n) is 7.83. The van der Waals surface area contributed by atoms with Gasteiger partial charge in [0, 0.05) is 16.6 Å². The van der Waals surface area contributed by atoms with E-state index >= 15 is 0 Å². The first-order valence-electron chi connectivity index (χ1n) is 4.34. The lowest BCUT2D eigenvalue weighted by molar-refractivity contribution is -0.139. The molecule has 2 rings (SSSR count). The Labute approximate surface area is 81.7 Å². The Morgan fingerprint density at radius 3 is 3.21 bits per heavy atom. The van der Waals surface area contributed by atoms with E-state index in [-0.39, 0.29) is 12.4 Å². The second-order valence-electron chi connectivity index (χ2n) is 3.06. The predicted octanol–water partition coefficient (Wildman–Crippen LogP) is 1.68. The molecule has 1 N–H and O–H groups in total. The van der Waals surface area contributed by atoms with Crippen molar-refractivity contribution in [3.63, 3.8) is 0 Å². The number of hydrogen-bond acceptors (Lipinski definition) is 2. The maximum atomic E-state index is 11.0. The van der Waals surface area contributed by atoms with E-state index in [1.54, 1.807) is 0 Å². The van der Waals surface area contributed by atoms with E-state index in [0.29, 0.717) is 0 Å². The number of rotatable bonds is 2. The molecule has 1 aromatic heterocycles. The van der Waals surface area contributed by atoms with Crippen LogP contribution in [0.15, 0.2) is 24.3 Å². The summed E-state index contributed by atoms with van der Waals surface area (Å²) in [6.07, 6.45) is 0.283. The molecule has 0 saturated carbocycles. The monoisotopic (exact) mass is 188 g/mol. The van der Waals surface area contributed by atoms with E-state index in [2.05, 4.69) is 15.8 Å². The quantitative estimate of drug-likeness (QED) is 0.728. The second-order valence-corrected chi connectivity index (χ2v) is 3.06. The largest absolute Gasteiger partial charge is 0.469 e. The molecular weight excluding hydrogens is 178 g/mol. The number of hydrogen-bond donors (Lipinski definition) is 1. The highest BCUT2D eigenvalue weighted by atomic mass is 16.5. The molecular formula is C11H10NO2. The predicted molar refractivity (Wildman–Crippen MR) is 52.9 cm³/mol. The number of aromatic nitrogens is 1. The van der Waals surface area contributed by atoms with E-state index in [1.807, 2.05) is 24.3 Å². The van der Waals surface area contributed by atoms with Crippen molar-refractivity contribution < 1.29 is 9.53 Å². The molecule has 0 aliphatic carbocycles. The number of carbonyl (C=O) groups is 1. The van der Waals surface area contributed by atoms with Gasteiger partial charge in [-0.15, -0.1) is 0 Å². The lowest BCUT2D eigenvalue weighted by Crippen LogP contribution is -2.04. The Hall–Kier alpha value is -1.77. The number of ether oxygens (including phenoxy) is 1. The van der Waals surface area contributed by atoms with Gasteiger partial charge in [0.2, 0.25) is 0 Å². The minimum absolute atomic E-state index is 0.236. The van der Waals surface area contributed by atoms with Crippen molar-refractivity contribution in [1.29, 1.82) is 0 Å². The van der Waals surface area contributed by atoms with Crippen molar-refractivity contribution in [1.82, 2.24) is 4.98 Å². The Morgan fingerprint density at radius 1 is 1.64 bits per heavy atom. The highest BCUT2D eigenvalue weighted by Gasteiger charge is 2.05. The van der Waals surface area contributed by atoms with Crippen molar-refractivity contribution in [3.05, 3.63) is 36.0 Å². The first-order valence-corrected chi connectivity index (χ1v) is 4.34. The maximum Gasteiger partial charge on any atom is 0.311 e. The summed E-state index contributed by atoms with van der Waals surface area (Å²) >= 11 is 0. The van der Waals surface area contributed by atoms with Crippen molar-refractivity contribution >= 4 is 16.9 Å². The van der Waals surface area contributed by atoms with Crippen LogP contribution in [-0.4, -0.2) is 18.1 Å². The molecule has 0 saturated heterocycles. The third-order valence-corrected chi connectivity index (χ3v) is 2.08. The molecule has 71 valence electrons. The van der Waals surface area contributed by atoms with Crippen LogP contribution in [0.3, 0.4) is 0 Å². The summed E-state index contributed by atoms with van der Waals surface area (Å²) in [5.41, 5.74) is 1.88. The lowest BCUT2D eigenvalue weighted by Gasteiger charge is -1.94. The smallest absolute Gasteiger partial charge is 0.311 e. The molecule has 0 aliphatic heterocycles.